The summed E-state index contributed by atoms with van der Waals surface area (Å²) in [5.74, 6) is -0.752. The van der Waals surface area contributed by atoms with Crippen LogP contribution in [-0.2, 0) is 14.4 Å². The van der Waals surface area contributed by atoms with Crippen molar-refractivity contribution in [2.24, 2.45) is 11.8 Å². The molecule has 2 heterocycles. The molecule has 9 heteroatoms. The number of nitrogens with one attached hydrogen (secondary N) is 2. The van der Waals surface area contributed by atoms with Crippen molar-refractivity contribution in [1.29, 1.82) is 0 Å². The fraction of sp³-hybridized carbons (Fsp3) is 0.478. The predicted molar refractivity (Wildman–Crippen MR) is 118 cm³/mol. The standard InChI is InChI=1S/C23H29N5O4/c29-15-27(32)14-18(13-16-5-1-2-6-16)23(31)28-20(10-12-25-28)22(30)26-19-9-3-7-17-8-4-11-24-21(17)19/h3-4,7-9,11,15-16,18,20,25,32H,1-2,5-6,10,12-14H2,(H,26,30)/t18-,20+/m1/s1. The van der Waals surface area contributed by atoms with E-state index in [2.05, 4.69) is 15.7 Å². The molecule has 0 spiro atoms. The van der Waals surface area contributed by atoms with Gasteiger partial charge in [-0.25, -0.2) is 10.5 Å². The second-order valence-electron chi connectivity index (χ2n) is 8.60. The van der Waals surface area contributed by atoms with Crippen molar-refractivity contribution in [3.8, 4) is 0 Å². The van der Waals surface area contributed by atoms with Gasteiger partial charge in [0.2, 0.25) is 18.2 Å². The first-order chi connectivity index (χ1) is 15.6. The topological polar surface area (TPSA) is 115 Å². The van der Waals surface area contributed by atoms with Crippen molar-refractivity contribution in [2.45, 2.75) is 44.6 Å². The molecular weight excluding hydrogens is 410 g/mol. The number of hydrazine groups is 1. The first kappa shape index (κ1) is 22.2. The largest absolute Gasteiger partial charge is 0.322 e. The van der Waals surface area contributed by atoms with Crippen LogP contribution in [0.5, 0.6) is 0 Å². The number of fused-ring (bicyclic) bond motifs is 1. The highest BCUT2D eigenvalue weighted by molar-refractivity contribution is 6.03. The summed E-state index contributed by atoms with van der Waals surface area (Å²) < 4.78 is 0. The van der Waals surface area contributed by atoms with Gasteiger partial charge in [0.25, 0.3) is 0 Å². The first-order valence-electron chi connectivity index (χ1n) is 11.2. The molecule has 0 bridgehead atoms. The lowest BCUT2D eigenvalue weighted by Gasteiger charge is -2.30. The van der Waals surface area contributed by atoms with E-state index in [4.69, 9.17) is 0 Å². The average Bonchev–Trinajstić information content (AvgIpc) is 3.50. The van der Waals surface area contributed by atoms with Crippen molar-refractivity contribution in [3.05, 3.63) is 36.5 Å². The molecule has 2 fully saturated rings. The average molecular weight is 440 g/mol. The number of para-hydroxylation sites is 1. The maximum atomic E-state index is 13.4. The molecule has 2 aromatic rings. The zero-order valence-corrected chi connectivity index (χ0v) is 17.9. The molecule has 0 radical (unpaired) electrons. The Kier molecular flexibility index (Phi) is 6.96. The van der Waals surface area contributed by atoms with Gasteiger partial charge in [-0.15, -0.1) is 0 Å². The lowest BCUT2D eigenvalue weighted by atomic mass is 9.92. The summed E-state index contributed by atoms with van der Waals surface area (Å²) in [6.07, 6.45) is 7.40. The van der Waals surface area contributed by atoms with Crippen LogP contribution in [0.2, 0.25) is 0 Å². The van der Waals surface area contributed by atoms with Gasteiger partial charge in [0, 0.05) is 18.1 Å². The molecule has 3 amide bonds. The molecule has 1 aliphatic heterocycles. The van der Waals surface area contributed by atoms with E-state index in [1.807, 2.05) is 24.3 Å². The number of aromatic nitrogens is 1. The number of hydroxylamine groups is 2. The molecule has 1 aromatic carbocycles. The summed E-state index contributed by atoms with van der Waals surface area (Å²) in [6.45, 7) is 0.406. The second-order valence-corrected chi connectivity index (χ2v) is 8.60. The molecule has 32 heavy (non-hydrogen) atoms. The Hall–Kier alpha value is -3.04. The zero-order valence-electron chi connectivity index (χ0n) is 17.9. The lowest BCUT2D eigenvalue weighted by molar-refractivity contribution is -0.159. The maximum absolute atomic E-state index is 13.4. The van der Waals surface area contributed by atoms with E-state index >= 15 is 0 Å². The van der Waals surface area contributed by atoms with Gasteiger partial charge in [-0.1, -0.05) is 43.9 Å². The monoisotopic (exact) mass is 439 g/mol. The molecule has 1 aliphatic carbocycles. The van der Waals surface area contributed by atoms with E-state index in [1.54, 1.807) is 12.3 Å². The van der Waals surface area contributed by atoms with E-state index in [9.17, 15) is 19.6 Å². The molecule has 2 aliphatic rings. The van der Waals surface area contributed by atoms with Crippen molar-refractivity contribution in [1.82, 2.24) is 20.5 Å². The molecule has 170 valence electrons. The third-order valence-corrected chi connectivity index (χ3v) is 6.41. The highest BCUT2D eigenvalue weighted by Gasteiger charge is 2.39. The van der Waals surface area contributed by atoms with Crippen LogP contribution in [0.3, 0.4) is 0 Å². The quantitative estimate of drug-likeness (QED) is 0.330. The smallest absolute Gasteiger partial charge is 0.248 e. The van der Waals surface area contributed by atoms with Crippen LogP contribution in [0.1, 0.15) is 38.5 Å². The third kappa shape index (κ3) is 4.89. The predicted octanol–water partition coefficient (Wildman–Crippen LogP) is 2.32. The Morgan fingerprint density at radius 1 is 1.25 bits per heavy atom. The Bertz CT molecular complexity index is 973. The van der Waals surface area contributed by atoms with Crippen LogP contribution in [0.25, 0.3) is 10.9 Å². The minimum atomic E-state index is -0.684. The third-order valence-electron chi connectivity index (χ3n) is 6.41. The summed E-state index contributed by atoms with van der Waals surface area (Å²) in [6, 6.07) is 8.64. The van der Waals surface area contributed by atoms with E-state index in [0.717, 1.165) is 31.1 Å². The van der Waals surface area contributed by atoms with Crippen LogP contribution in [0.4, 0.5) is 5.69 Å². The Labute approximate surface area is 186 Å². The Morgan fingerprint density at radius 2 is 2.03 bits per heavy atom. The number of pyridine rings is 1. The molecule has 9 nitrogen and oxygen atoms in total. The summed E-state index contributed by atoms with van der Waals surface area (Å²) in [4.78, 5) is 41.8. The van der Waals surface area contributed by atoms with Crippen LogP contribution in [0.15, 0.2) is 36.5 Å². The molecule has 1 saturated carbocycles. The fourth-order valence-corrected chi connectivity index (χ4v) is 4.83. The summed E-state index contributed by atoms with van der Waals surface area (Å²) >= 11 is 0. The van der Waals surface area contributed by atoms with E-state index in [1.165, 1.54) is 5.01 Å². The van der Waals surface area contributed by atoms with E-state index in [-0.39, 0.29) is 18.4 Å². The summed E-state index contributed by atoms with van der Waals surface area (Å²) in [7, 11) is 0. The summed E-state index contributed by atoms with van der Waals surface area (Å²) in [5.41, 5.74) is 4.31. The van der Waals surface area contributed by atoms with Gasteiger partial charge in [-0.2, -0.15) is 0 Å². The summed E-state index contributed by atoms with van der Waals surface area (Å²) in [5, 5.41) is 15.5. The maximum Gasteiger partial charge on any atom is 0.248 e. The molecule has 1 saturated heterocycles. The number of carbonyl (C=O) groups excluding carboxylic acids is 3. The van der Waals surface area contributed by atoms with Crippen LogP contribution in [-0.4, -0.2) is 57.6 Å². The molecule has 0 unspecified atom stereocenters. The number of nitrogens with zero attached hydrogens (tertiary/aromatic N) is 3. The van der Waals surface area contributed by atoms with Crippen LogP contribution >= 0.6 is 0 Å². The van der Waals surface area contributed by atoms with Gasteiger partial charge in [0.05, 0.1) is 23.7 Å². The number of benzene rings is 1. The Morgan fingerprint density at radius 3 is 2.81 bits per heavy atom. The minimum absolute atomic E-state index is 0.0847. The number of anilines is 1. The van der Waals surface area contributed by atoms with Gasteiger partial charge in [0.15, 0.2) is 0 Å². The number of rotatable bonds is 8. The number of amides is 3. The van der Waals surface area contributed by atoms with Gasteiger partial charge < -0.3 is 5.32 Å². The van der Waals surface area contributed by atoms with Gasteiger partial charge >= 0.3 is 0 Å². The minimum Gasteiger partial charge on any atom is -0.322 e. The number of hydrogen-bond acceptors (Lipinski definition) is 6. The van der Waals surface area contributed by atoms with Crippen LogP contribution < -0.4 is 10.7 Å². The molecule has 3 N–H and O–H groups in total. The fourth-order valence-electron chi connectivity index (χ4n) is 4.83. The highest BCUT2D eigenvalue weighted by atomic mass is 16.5. The highest BCUT2D eigenvalue weighted by Crippen LogP contribution is 2.32. The van der Waals surface area contributed by atoms with Gasteiger partial charge in [-0.3, -0.25) is 29.6 Å². The molecule has 4 rings (SSSR count). The number of carbonyl (C=O) groups is 3. The van der Waals surface area contributed by atoms with Crippen molar-refractivity contribution >= 4 is 34.8 Å². The zero-order chi connectivity index (χ0) is 22.5. The lowest BCUT2D eigenvalue weighted by Crippen LogP contribution is -2.51. The second kappa shape index (κ2) is 10.1. The van der Waals surface area contributed by atoms with Gasteiger partial charge in [0.1, 0.15) is 6.04 Å². The molecular formula is C23H29N5O4. The van der Waals surface area contributed by atoms with Crippen LogP contribution in [0, 0.1) is 11.8 Å². The first-order valence-corrected chi connectivity index (χ1v) is 11.2. The van der Waals surface area contributed by atoms with Gasteiger partial charge in [-0.05, 0) is 30.9 Å². The molecule has 2 atom stereocenters. The van der Waals surface area contributed by atoms with E-state index in [0.29, 0.717) is 48.0 Å². The normalized spacial score (nSPS) is 19.8. The molecule has 1 aromatic heterocycles. The van der Waals surface area contributed by atoms with Crippen molar-refractivity contribution in [3.63, 3.8) is 0 Å². The number of hydrogen-bond donors (Lipinski definition) is 3. The van der Waals surface area contributed by atoms with Crippen molar-refractivity contribution < 1.29 is 19.6 Å². The van der Waals surface area contributed by atoms with E-state index < -0.39 is 12.0 Å². The van der Waals surface area contributed by atoms with Crippen molar-refractivity contribution in [2.75, 3.05) is 18.4 Å². The SMILES string of the molecule is O=CN(O)C[C@@H](CC1CCCC1)C(=O)N1NCC[C@H]1C(=O)Nc1cccc2cccnc12. The Balaban J connectivity index is 1.49.